The van der Waals surface area contributed by atoms with Crippen molar-refractivity contribution in [2.75, 3.05) is 13.2 Å². The number of hydrogen-bond donors (Lipinski definition) is 0. The summed E-state index contributed by atoms with van der Waals surface area (Å²) in [6, 6.07) is 7.94. The van der Waals surface area contributed by atoms with E-state index in [0.29, 0.717) is 19.6 Å². The van der Waals surface area contributed by atoms with Crippen molar-refractivity contribution < 1.29 is 4.74 Å². The lowest BCUT2D eigenvalue weighted by Crippen LogP contribution is -2.01. The zero-order valence-electron chi connectivity index (χ0n) is 8.15. The highest BCUT2D eigenvalue weighted by molar-refractivity contribution is 5.03. The topological polar surface area (TPSA) is 45.9 Å². The molecule has 0 spiro atoms. The molecule has 0 bridgehead atoms. The number of ether oxygens (including phenoxy) is 1. The molecule has 0 amide bonds. The molecule has 1 aromatic heterocycles. The highest BCUT2D eigenvalue weighted by Crippen LogP contribution is 1.95. The van der Waals surface area contributed by atoms with Gasteiger partial charge in [0.2, 0.25) is 0 Å². The molecular formula is C11H14N2O. The Labute approximate surface area is 84.3 Å². The van der Waals surface area contributed by atoms with Gasteiger partial charge in [-0.3, -0.25) is 4.98 Å². The third-order valence-electron chi connectivity index (χ3n) is 1.81. The van der Waals surface area contributed by atoms with Crippen LogP contribution in [0, 0.1) is 11.3 Å². The van der Waals surface area contributed by atoms with Crippen molar-refractivity contribution in [3.05, 3.63) is 30.1 Å². The summed E-state index contributed by atoms with van der Waals surface area (Å²) in [6.07, 6.45) is 4.01. The SMILES string of the molecule is N#CCCCOCCc1ccccn1. The lowest BCUT2D eigenvalue weighted by molar-refractivity contribution is 0.135. The molecule has 0 unspecified atom stereocenters. The minimum absolute atomic E-state index is 0.573. The monoisotopic (exact) mass is 190 g/mol. The van der Waals surface area contributed by atoms with Crippen LogP contribution in [0.3, 0.4) is 0 Å². The fourth-order valence-corrected chi connectivity index (χ4v) is 1.08. The summed E-state index contributed by atoms with van der Waals surface area (Å²) in [7, 11) is 0. The van der Waals surface area contributed by atoms with E-state index in [0.717, 1.165) is 18.5 Å². The van der Waals surface area contributed by atoms with Gasteiger partial charge in [-0.15, -0.1) is 0 Å². The Kier molecular flexibility index (Phi) is 5.38. The van der Waals surface area contributed by atoms with E-state index < -0.39 is 0 Å². The molecule has 0 aliphatic heterocycles. The lowest BCUT2D eigenvalue weighted by Gasteiger charge is -2.01. The van der Waals surface area contributed by atoms with Crippen LogP contribution < -0.4 is 0 Å². The van der Waals surface area contributed by atoms with Crippen molar-refractivity contribution in [3.63, 3.8) is 0 Å². The Hall–Kier alpha value is -1.40. The van der Waals surface area contributed by atoms with E-state index in [4.69, 9.17) is 10.00 Å². The normalized spacial score (nSPS) is 9.64. The Bertz CT molecular complexity index is 279. The van der Waals surface area contributed by atoms with Crippen molar-refractivity contribution in [1.29, 1.82) is 5.26 Å². The molecule has 1 rings (SSSR count). The number of pyridine rings is 1. The van der Waals surface area contributed by atoms with Crippen molar-refractivity contribution in [2.45, 2.75) is 19.3 Å². The first-order valence-corrected chi connectivity index (χ1v) is 4.78. The Morgan fingerprint density at radius 2 is 2.29 bits per heavy atom. The number of rotatable bonds is 6. The first-order chi connectivity index (χ1) is 6.93. The minimum atomic E-state index is 0.573. The second kappa shape index (κ2) is 7.05. The van der Waals surface area contributed by atoms with Gasteiger partial charge in [0.05, 0.1) is 12.7 Å². The van der Waals surface area contributed by atoms with Gasteiger partial charge in [0.15, 0.2) is 0 Å². The molecule has 0 saturated carbocycles. The van der Waals surface area contributed by atoms with E-state index in [9.17, 15) is 0 Å². The maximum Gasteiger partial charge on any atom is 0.0622 e. The molecular weight excluding hydrogens is 176 g/mol. The van der Waals surface area contributed by atoms with Gasteiger partial charge in [-0.1, -0.05) is 6.07 Å². The molecule has 0 saturated heterocycles. The van der Waals surface area contributed by atoms with Crippen LogP contribution in [0.4, 0.5) is 0 Å². The van der Waals surface area contributed by atoms with Crippen LogP contribution in [-0.2, 0) is 11.2 Å². The molecule has 0 radical (unpaired) electrons. The fourth-order valence-electron chi connectivity index (χ4n) is 1.08. The van der Waals surface area contributed by atoms with Crippen LogP contribution in [-0.4, -0.2) is 18.2 Å². The van der Waals surface area contributed by atoms with Crippen molar-refractivity contribution >= 4 is 0 Å². The minimum Gasteiger partial charge on any atom is -0.381 e. The van der Waals surface area contributed by atoms with Gasteiger partial charge >= 0.3 is 0 Å². The Balaban J connectivity index is 2.03. The van der Waals surface area contributed by atoms with Crippen molar-refractivity contribution in [2.24, 2.45) is 0 Å². The summed E-state index contributed by atoms with van der Waals surface area (Å²) >= 11 is 0. The maximum absolute atomic E-state index is 8.29. The van der Waals surface area contributed by atoms with Crippen LogP contribution in [0.25, 0.3) is 0 Å². The largest absolute Gasteiger partial charge is 0.381 e. The van der Waals surface area contributed by atoms with Crippen molar-refractivity contribution in [3.8, 4) is 6.07 Å². The average molecular weight is 190 g/mol. The summed E-state index contributed by atoms with van der Waals surface area (Å²) < 4.78 is 5.35. The Morgan fingerprint density at radius 3 is 3.00 bits per heavy atom. The van der Waals surface area contributed by atoms with E-state index >= 15 is 0 Å². The summed E-state index contributed by atoms with van der Waals surface area (Å²) in [5, 5.41) is 8.29. The summed E-state index contributed by atoms with van der Waals surface area (Å²) in [5.74, 6) is 0. The lowest BCUT2D eigenvalue weighted by atomic mass is 10.3. The van der Waals surface area contributed by atoms with E-state index in [1.165, 1.54) is 0 Å². The molecule has 0 atom stereocenters. The number of hydrogen-bond acceptors (Lipinski definition) is 3. The highest BCUT2D eigenvalue weighted by Gasteiger charge is 1.93. The quantitative estimate of drug-likeness (QED) is 0.644. The summed E-state index contributed by atoms with van der Waals surface area (Å²) in [4.78, 5) is 4.18. The van der Waals surface area contributed by atoms with Gasteiger partial charge in [0.1, 0.15) is 0 Å². The van der Waals surface area contributed by atoms with Crippen molar-refractivity contribution in [1.82, 2.24) is 4.98 Å². The van der Waals surface area contributed by atoms with Gasteiger partial charge in [0, 0.05) is 31.3 Å². The molecule has 3 nitrogen and oxygen atoms in total. The average Bonchev–Trinajstić information content (AvgIpc) is 2.25. The standard InChI is InChI=1S/C11H14N2O/c12-7-2-4-9-14-10-6-11-5-1-3-8-13-11/h1,3,5,8H,2,4,6,9-10H2. The van der Waals surface area contributed by atoms with Crippen LogP contribution in [0.2, 0.25) is 0 Å². The first kappa shape index (κ1) is 10.7. The molecule has 74 valence electrons. The zero-order chi connectivity index (χ0) is 10.1. The summed E-state index contributed by atoms with van der Waals surface area (Å²) in [6.45, 7) is 1.35. The van der Waals surface area contributed by atoms with Gasteiger partial charge in [-0.05, 0) is 18.6 Å². The van der Waals surface area contributed by atoms with E-state index in [-0.39, 0.29) is 0 Å². The van der Waals surface area contributed by atoms with E-state index in [2.05, 4.69) is 11.1 Å². The van der Waals surface area contributed by atoms with Crippen LogP contribution in [0.1, 0.15) is 18.5 Å². The number of nitriles is 1. The van der Waals surface area contributed by atoms with Gasteiger partial charge in [-0.2, -0.15) is 5.26 Å². The molecule has 0 fully saturated rings. The van der Waals surface area contributed by atoms with Gasteiger partial charge < -0.3 is 4.74 Å². The molecule has 1 aromatic rings. The molecule has 0 N–H and O–H groups in total. The highest BCUT2D eigenvalue weighted by atomic mass is 16.5. The zero-order valence-corrected chi connectivity index (χ0v) is 8.15. The number of nitrogens with zero attached hydrogens (tertiary/aromatic N) is 2. The second-order valence-electron chi connectivity index (χ2n) is 2.95. The molecule has 0 aliphatic rings. The Morgan fingerprint density at radius 1 is 1.36 bits per heavy atom. The summed E-state index contributed by atoms with van der Waals surface area (Å²) in [5.41, 5.74) is 1.05. The molecule has 1 heterocycles. The van der Waals surface area contributed by atoms with Crippen LogP contribution in [0.5, 0.6) is 0 Å². The van der Waals surface area contributed by atoms with Crippen LogP contribution >= 0.6 is 0 Å². The number of unbranched alkanes of at least 4 members (excludes halogenated alkanes) is 1. The predicted octanol–water partition coefficient (Wildman–Crippen LogP) is 1.94. The molecule has 0 aromatic carbocycles. The van der Waals surface area contributed by atoms with E-state index in [1.54, 1.807) is 6.20 Å². The number of aromatic nitrogens is 1. The predicted molar refractivity (Wildman–Crippen MR) is 53.6 cm³/mol. The maximum atomic E-state index is 8.29. The third-order valence-corrected chi connectivity index (χ3v) is 1.81. The molecule has 3 heteroatoms. The fraction of sp³-hybridized carbons (Fsp3) is 0.455. The van der Waals surface area contributed by atoms with Crippen LogP contribution in [0.15, 0.2) is 24.4 Å². The van der Waals surface area contributed by atoms with Gasteiger partial charge in [-0.25, -0.2) is 0 Å². The smallest absolute Gasteiger partial charge is 0.0622 e. The van der Waals surface area contributed by atoms with E-state index in [1.807, 2.05) is 18.2 Å². The second-order valence-corrected chi connectivity index (χ2v) is 2.95. The van der Waals surface area contributed by atoms with Gasteiger partial charge in [0.25, 0.3) is 0 Å². The first-order valence-electron chi connectivity index (χ1n) is 4.78. The molecule has 0 aliphatic carbocycles. The third kappa shape index (κ3) is 4.58. The molecule has 14 heavy (non-hydrogen) atoms.